The number of anilines is 1. The Bertz CT molecular complexity index is 596. The molecule has 21 heavy (non-hydrogen) atoms. The lowest BCUT2D eigenvalue weighted by Gasteiger charge is -2.14. The molecule has 6 nitrogen and oxygen atoms in total. The Morgan fingerprint density at radius 2 is 2.00 bits per heavy atom. The molecule has 1 aliphatic carbocycles. The maximum atomic E-state index is 12.1. The van der Waals surface area contributed by atoms with Crippen molar-refractivity contribution in [2.45, 2.75) is 25.3 Å². The number of hydrogen-bond acceptors (Lipinski definition) is 3. The van der Waals surface area contributed by atoms with E-state index in [1.807, 2.05) is 0 Å². The summed E-state index contributed by atoms with van der Waals surface area (Å²) in [6.45, 7) is 0.654. The summed E-state index contributed by atoms with van der Waals surface area (Å²) in [5, 5.41) is 8.09. The van der Waals surface area contributed by atoms with Crippen molar-refractivity contribution in [1.29, 1.82) is 0 Å². The zero-order valence-electron chi connectivity index (χ0n) is 11.5. The summed E-state index contributed by atoms with van der Waals surface area (Å²) in [5.41, 5.74) is 0.882. The second-order valence-corrected chi connectivity index (χ2v) is 5.51. The van der Waals surface area contributed by atoms with Crippen LogP contribution in [0, 0.1) is 5.92 Å². The van der Waals surface area contributed by atoms with Gasteiger partial charge in [0.15, 0.2) is 0 Å². The third-order valence-corrected chi connectivity index (χ3v) is 3.73. The molecule has 1 aromatic carbocycles. The van der Waals surface area contributed by atoms with Gasteiger partial charge in [0, 0.05) is 6.54 Å². The fourth-order valence-electron chi connectivity index (χ4n) is 2.29. The number of fused-ring (bicyclic) bond motifs is 1. The second kappa shape index (κ2) is 5.55. The molecule has 1 saturated carbocycles. The lowest BCUT2D eigenvalue weighted by molar-refractivity contribution is -0.125. The van der Waals surface area contributed by atoms with Crippen LogP contribution >= 0.6 is 0 Å². The first kappa shape index (κ1) is 13.6. The van der Waals surface area contributed by atoms with Crippen molar-refractivity contribution in [1.82, 2.24) is 10.6 Å². The van der Waals surface area contributed by atoms with E-state index >= 15 is 0 Å². The van der Waals surface area contributed by atoms with Gasteiger partial charge >= 0.3 is 0 Å². The van der Waals surface area contributed by atoms with Crippen LogP contribution in [-0.2, 0) is 9.59 Å². The zero-order chi connectivity index (χ0) is 14.8. The summed E-state index contributed by atoms with van der Waals surface area (Å²) in [7, 11) is 0. The van der Waals surface area contributed by atoms with E-state index in [1.165, 1.54) is 0 Å². The monoisotopic (exact) mass is 287 g/mol. The van der Waals surface area contributed by atoms with Crippen molar-refractivity contribution in [3.05, 3.63) is 29.8 Å². The number of hydrogen-bond donors (Lipinski definition) is 3. The fraction of sp³-hybridized carbons (Fsp3) is 0.400. The highest BCUT2D eigenvalue weighted by atomic mass is 16.2. The number of benzene rings is 1. The minimum Gasteiger partial charge on any atom is -0.356 e. The lowest BCUT2D eigenvalue weighted by atomic mass is 10.1. The molecule has 0 aromatic heterocycles. The van der Waals surface area contributed by atoms with Gasteiger partial charge in [-0.15, -0.1) is 0 Å². The van der Waals surface area contributed by atoms with E-state index in [1.54, 1.807) is 24.3 Å². The molecule has 0 bridgehead atoms. The Kier molecular flexibility index (Phi) is 3.60. The average molecular weight is 287 g/mol. The molecule has 1 atom stereocenters. The van der Waals surface area contributed by atoms with Crippen LogP contribution in [0.3, 0.4) is 0 Å². The van der Waals surface area contributed by atoms with Crippen LogP contribution < -0.4 is 16.0 Å². The highest BCUT2D eigenvalue weighted by molar-refractivity contribution is 6.10. The van der Waals surface area contributed by atoms with Gasteiger partial charge in [-0.2, -0.15) is 0 Å². The molecule has 3 rings (SSSR count). The van der Waals surface area contributed by atoms with Gasteiger partial charge in [-0.05, 0) is 30.9 Å². The van der Waals surface area contributed by atoms with E-state index in [-0.39, 0.29) is 24.1 Å². The van der Waals surface area contributed by atoms with Gasteiger partial charge in [0.25, 0.3) is 5.91 Å². The van der Waals surface area contributed by atoms with Crippen molar-refractivity contribution < 1.29 is 14.4 Å². The average Bonchev–Trinajstić information content (AvgIpc) is 3.28. The number of amides is 3. The maximum absolute atomic E-state index is 12.1. The van der Waals surface area contributed by atoms with Crippen LogP contribution in [0.1, 0.15) is 29.6 Å². The van der Waals surface area contributed by atoms with Crippen LogP contribution in [0.15, 0.2) is 24.3 Å². The smallest absolute Gasteiger partial charge is 0.254 e. The highest BCUT2D eigenvalue weighted by Crippen LogP contribution is 2.27. The van der Waals surface area contributed by atoms with E-state index in [2.05, 4.69) is 16.0 Å². The first-order valence-corrected chi connectivity index (χ1v) is 7.11. The predicted molar refractivity (Wildman–Crippen MR) is 76.7 cm³/mol. The Morgan fingerprint density at radius 3 is 2.76 bits per heavy atom. The molecule has 3 N–H and O–H groups in total. The van der Waals surface area contributed by atoms with Crippen LogP contribution in [0.4, 0.5) is 5.69 Å². The van der Waals surface area contributed by atoms with Crippen molar-refractivity contribution >= 4 is 23.4 Å². The highest BCUT2D eigenvalue weighted by Gasteiger charge is 2.30. The molecule has 0 saturated heterocycles. The molecule has 1 heterocycles. The van der Waals surface area contributed by atoms with Crippen LogP contribution in [-0.4, -0.2) is 30.3 Å². The summed E-state index contributed by atoms with van der Waals surface area (Å²) in [5.74, 6) is -0.345. The summed E-state index contributed by atoms with van der Waals surface area (Å²) in [4.78, 5) is 36.0. The minimum absolute atomic E-state index is 0.0434. The van der Waals surface area contributed by atoms with Crippen molar-refractivity contribution in [3.63, 3.8) is 0 Å². The molecule has 3 amide bonds. The number of carbonyl (C=O) groups is 3. The Morgan fingerprint density at radius 1 is 1.24 bits per heavy atom. The van der Waals surface area contributed by atoms with Gasteiger partial charge < -0.3 is 16.0 Å². The Labute approximate surface area is 122 Å². The van der Waals surface area contributed by atoms with E-state index in [0.717, 1.165) is 12.8 Å². The lowest BCUT2D eigenvalue weighted by Crippen LogP contribution is -2.44. The van der Waals surface area contributed by atoms with Gasteiger partial charge in [0.05, 0.1) is 17.7 Å². The minimum atomic E-state index is -0.843. The first-order valence-electron chi connectivity index (χ1n) is 7.11. The molecule has 2 aliphatic rings. The van der Waals surface area contributed by atoms with Crippen molar-refractivity contribution in [2.24, 2.45) is 5.92 Å². The van der Waals surface area contributed by atoms with E-state index in [4.69, 9.17) is 0 Å². The fourth-order valence-corrected chi connectivity index (χ4v) is 2.29. The molecule has 1 aromatic rings. The third-order valence-electron chi connectivity index (χ3n) is 3.73. The second-order valence-electron chi connectivity index (χ2n) is 5.51. The summed E-state index contributed by atoms with van der Waals surface area (Å²) in [6.07, 6.45) is 2.25. The maximum Gasteiger partial charge on any atom is 0.254 e. The number of carbonyl (C=O) groups excluding carboxylic acids is 3. The van der Waals surface area contributed by atoms with Crippen molar-refractivity contribution in [2.75, 3.05) is 11.9 Å². The van der Waals surface area contributed by atoms with Crippen LogP contribution in [0.25, 0.3) is 0 Å². The van der Waals surface area contributed by atoms with E-state index < -0.39 is 6.04 Å². The van der Waals surface area contributed by atoms with Crippen LogP contribution in [0.5, 0.6) is 0 Å². The summed E-state index contributed by atoms with van der Waals surface area (Å²) >= 11 is 0. The molecule has 0 radical (unpaired) electrons. The number of rotatable bonds is 4. The van der Waals surface area contributed by atoms with Gasteiger partial charge in [-0.3, -0.25) is 14.4 Å². The standard InChI is InChI=1S/C15H17N3O3/c19-13(16-8-9-5-6-9)7-12-15(21)17-11-4-2-1-3-10(11)14(20)18-12/h1-4,9,12H,5-8H2,(H,16,19)(H,17,21)(H,18,20). The van der Waals surface area contributed by atoms with Gasteiger partial charge in [0.2, 0.25) is 11.8 Å². The predicted octanol–water partition coefficient (Wildman–Crippen LogP) is 0.653. The van der Waals surface area contributed by atoms with Crippen LogP contribution in [0.2, 0.25) is 0 Å². The molecule has 110 valence electrons. The quantitative estimate of drug-likeness (QED) is 0.760. The van der Waals surface area contributed by atoms with E-state index in [9.17, 15) is 14.4 Å². The Balaban J connectivity index is 1.65. The number of para-hydroxylation sites is 1. The summed E-state index contributed by atoms with van der Waals surface area (Å²) in [6, 6.07) is 5.94. The SMILES string of the molecule is O=C(CC1NC(=O)c2ccccc2NC1=O)NCC1CC1. The third kappa shape index (κ3) is 3.21. The normalized spacial score (nSPS) is 20.9. The summed E-state index contributed by atoms with van der Waals surface area (Å²) < 4.78 is 0. The molecular formula is C15H17N3O3. The van der Waals surface area contributed by atoms with E-state index in [0.29, 0.717) is 23.7 Å². The molecule has 1 fully saturated rings. The molecule has 0 spiro atoms. The molecular weight excluding hydrogens is 270 g/mol. The Hall–Kier alpha value is -2.37. The zero-order valence-corrected chi connectivity index (χ0v) is 11.5. The topological polar surface area (TPSA) is 87.3 Å². The molecule has 6 heteroatoms. The van der Waals surface area contributed by atoms with Gasteiger partial charge in [-0.1, -0.05) is 12.1 Å². The van der Waals surface area contributed by atoms with Gasteiger partial charge in [-0.25, -0.2) is 0 Å². The number of nitrogens with one attached hydrogen (secondary N) is 3. The van der Waals surface area contributed by atoms with Gasteiger partial charge in [0.1, 0.15) is 6.04 Å². The molecule has 1 unspecified atom stereocenters. The largest absolute Gasteiger partial charge is 0.356 e. The van der Waals surface area contributed by atoms with Crippen molar-refractivity contribution in [3.8, 4) is 0 Å². The molecule has 1 aliphatic heterocycles. The first-order chi connectivity index (χ1) is 10.1.